The van der Waals surface area contributed by atoms with Crippen LogP contribution in [0.1, 0.15) is 24.7 Å². The number of hydrogen-bond donors (Lipinski definition) is 1. The molecule has 122 valence electrons. The molecule has 1 saturated carbocycles. The minimum Gasteiger partial charge on any atom is -0.351 e. The second kappa shape index (κ2) is 5.49. The Morgan fingerprint density at radius 3 is 2.70 bits per heavy atom. The molecule has 0 radical (unpaired) electrons. The highest BCUT2D eigenvalue weighted by molar-refractivity contribution is 6.53. The molecule has 7 heteroatoms. The van der Waals surface area contributed by atoms with Crippen LogP contribution in [0.4, 0.5) is 4.39 Å². The monoisotopic (exact) mass is 355 g/mol. The molecule has 0 bridgehead atoms. The third-order valence-electron chi connectivity index (χ3n) is 4.31. The van der Waals surface area contributed by atoms with Gasteiger partial charge in [0.15, 0.2) is 0 Å². The highest BCUT2D eigenvalue weighted by Gasteiger charge is 2.67. The minimum absolute atomic E-state index is 0.221. The molecule has 1 fully saturated rings. The van der Waals surface area contributed by atoms with Gasteiger partial charge in [-0.2, -0.15) is 0 Å². The molecule has 0 aliphatic heterocycles. The van der Waals surface area contributed by atoms with Crippen molar-refractivity contribution in [3.8, 4) is 5.69 Å². The smallest absolute Gasteiger partial charge is 0.229 e. The van der Waals surface area contributed by atoms with Crippen LogP contribution in [0.25, 0.3) is 5.69 Å². The van der Waals surface area contributed by atoms with Crippen LogP contribution >= 0.6 is 23.2 Å². The van der Waals surface area contributed by atoms with Crippen molar-refractivity contribution in [1.29, 1.82) is 0 Å². The Labute approximate surface area is 143 Å². The van der Waals surface area contributed by atoms with Crippen LogP contribution in [0, 0.1) is 18.2 Å². The number of nitrogens with zero attached hydrogens (tertiary/aromatic N) is 2. The third-order valence-corrected chi connectivity index (χ3v) is 5.41. The summed E-state index contributed by atoms with van der Waals surface area (Å²) in [6.45, 7) is 3.74. The minimum atomic E-state index is -1.01. The first kappa shape index (κ1) is 16.3. The molecule has 0 spiro atoms. The summed E-state index contributed by atoms with van der Waals surface area (Å²) in [6, 6.07) is 4.83. The van der Waals surface area contributed by atoms with E-state index in [2.05, 4.69) is 10.3 Å². The van der Waals surface area contributed by atoms with E-state index in [4.69, 9.17) is 23.2 Å². The molecular formula is C16H16Cl2FN3O. The molecule has 1 atom stereocenters. The van der Waals surface area contributed by atoms with Crippen LogP contribution in [0.3, 0.4) is 0 Å². The lowest BCUT2D eigenvalue weighted by Crippen LogP contribution is -2.32. The van der Waals surface area contributed by atoms with E-state index >= 15 is 0 Å². The summed E-state index contributed by atoms with van der Waals surface area (Å²) in [5.74, 6) is 0.101. The lowest BCUT2D eigenvalue weighted by Gasteiger charge is -2.13. The van der Waals surface area contributed by atoms with Crippen LogP contribution in [0.15, 0.2) is 30.6 Å². The predicted molar refractivity (Wildman–Crippen MR) is 87.3 cm³/mol. The van der Waals surface area contributed by atoms with Gasteiger partial charge in [0.2, 0.25) is 5.91 Å². The summed E-state index contributed by atoms with van der Waals surface area (Å²) in [5.41, 5.74) is 0.309. The van der Waals surface area contributed by atoms with E-state index in [1.54, 1.807) is 42.9 Å². The van der Waals surface area contributed by atoms with Gasteiger partial charge in [0.25, 0.3) is 0 Å². The molecule has 3 rings (SSSR count). The number of alkyl halides is 2. The second-order valence-electron chi connectivity index (χ2n) is 6.03. The summed E-state index contributed by atoms with van der Waals surface area (Å²) in [6.07, 6.45) is 3.73. The first-order valence-electron chi connectivity index (χ1n) is 7.19. The van der Waals surface area contributed by atoms with E-state index in [0.29, 0.717) is 23.5 Å². The van der Waals surface area contributed by atoms with E-state index < -0.39 is 9.75 Å². The largest absolute Gasteiger partial charge is 0.351 e. The normalized spacial score (nSPS) is 22.0. The van der Waals surface area contributed by atoms with Gasteiger partial charge >= 0.3 is 0 Å². The van der Waals surface area contributed by atoms with E-state index in [9.17, 15) is 9.18 Å². The van der Waals surface area contributed by atoms with E-state index in [1.807, 2.05) is 0 Å². The Hall–Kier alpha value is -1.59. The average Bonchev–Trinajstić information content (AvgIpc) is 2.81. The average molecular weight is 356 g/mol. The first-order valence-corrected chi connectivity index (χ1v) is 7.95. The Balaban J connectivity index is 1.70. The third kappa shape index (κ3) is 2.83. The standard InChI is InChI=1S/C16H16Cl2FN3O/c1-10-20-5-6-22(10)13-4-3-11(7-12(13)19)8-21-14(23)15(2)9-16(15,17)18/h3-7H,8-9H2,1-2H3,(H,21,23). The zero-order valence-corrected chi connectivity index (χ0v) is 14.2. The van der Waals surface area contributed by atoms with Gasteiger partial charge in [-0.05, 0) is 38.0 Å². The fraction of sp³-hybridized carbons (Fsp3) is 0.375. The Morgan fingerprint density at radius 1 is 1.48 bits per heavy atom. The van der Waals surface area contributed by atoms with Gasteiger partial charge in [0, 0.05) is 18.9 Å². The Bertz CT molecular complexity index is 774. The van der Waals surface area contributed by atoms with Gasteiger partial charge in [-0.15, -0.1) is 23.2 Å². The molecule has 1 aromatic heterocycles. The summed E-state index contributed by atoms with van der Waals surface area (Å²) in [5, 5.41) is 2.76. The number of aromatic nitrogens is 2. The van der Waals surface area contributed by atoms with Crippen LogP contribution in [-0.2, 0) is 11.3 Å². The van der Waals surface area contributed by atoms with Crippen LogP contribution in [-0.4, -0.2) is 19.8 Å². The van der Waals surface area contributed by atoms with E-state index in [0.717, 1.165) is 0 Å². The molecular weight excluding hydrogens is 340 g/mol. The van der Waals surface area contributed by atoms with Crippen molar-refractivity contribution in [1.82, 2.24) is 14.9 Å². The fourth-order valence-electron chi connectivity index (χ4n) is 2.51. The van der Waals surface area contributed by atoms with Gasteiger partial charge in [0.05, 0.1) is 11.1 Å². The summed E-state index contributed by atoms with van der Waals surface area (Å²) >= 11 is 12.0. The number of amides is 1. The summed E-state index contributed by atoms with van der Waals surface area (Å²) < 4.78 is 14.9. The van der Waals surface area contributed by atoms with E-state index in [1.165, 1.54) is 6.07 Å². The van der Waals surface area contributed by atoms with Crippen LogP contribution in [0.5, 0.6) is 0 Å². The molecule has 2 aromatic rings. The molecule has 23 heavy (non-hydrogen) atoms. The highest BCUT2D eigenvalue weighted by atomic mass is 35.5. The molecule has 1 N–H and O–H groups in total. The van der Waals surface area contributed by atoms with Crippen LogP contribution in [0.2, 0.25) is 0 Å². The lowest BCUT2D eigenvalue weighted by atomic mass is 10.1. The number of halogens is 3. The van der Waals surface area contributed by atoms with E-state index in [-0.39, 0.29) is 18.3 Å². The molecule has 1 heterocycles. The zero-order valence-electron chi connectivity index (χ0n) is 12.7. The van der Waals surface area contributed by atoms with Crippen LogP contribution < -0.4 is 5.32 Å². The number of hydrogen-bond acceptors (Lipinski definition) is 2. The van der Waals surface area contributed by atoms with Gasteiger partial charge in [-0.3, -0.25) is 4.79 Å². The number of aryl methyl sites for hydroxylation is 1. The molecule has 1 aliphatic rings. The number of nitrogens with one attached hydrogen (secondary N) is 1. The number of imidazole rings is 1. The highest BCUT2D eigenvalue weighted by Crippen LogP contribution is 2.63. The van der Waals surface area contributed by atoms with Crippen molar-refractivity contribution in [2.75, 3.05) is 0 Å². The lowest BCUT2D eigenvalue weighted by molar-refractivity contribution is -0.125. The maximum absolute atomic E-state index is 14.3. The number of rotatable bonds is 4. The Kier molecular flexibility index (Phi) is 3.89. The topological polar surface area (TPSA) is 46.9 Å². The number of benzene rings is 1. The molecule has 4 nitrogen and oxygen atoms in total. The second-order valence-corrected chi connectivity index (χ2v) is 7.51. The molecule has 1 unspecified atom stereocenters. The van der Waals surface area contributed by atoms with Crippen molar-refractivity contribution >= 4 is 29.1 Å². The molecule has 1 aromatic carbocycles. The van der Waals surface area contributed by atoms with Crippen molar-refractivity contribution < 1.29 is 9.18 Å². The van der Waals surface area contributed by atoms with Crippen molar-refractivity contribution in [2.24, 2.45) is 5.41 Å². The van der Waals surface area contributed by atoms with Gasteiger partial charge in [-0.1, -0.05) is 6.07 Å². The van der Waals surface area contributed by atoms with Crippen molar-refractivity contribution in [2.45, 2.75) is 31.1 Å². The van der Waals surface area contributed by atoms with Crippen molar-refractivity contribution in [3.05, 3.63) is 47.8 Å². The zero-order chi connectivity index (χ0) is 16.8. The first-order chi connectivity index (χ1) is 10.7. The summed E-state index contributed by atoms with van der Waals surface area (Å²) in [7, 11) is 0. The van der Waals surface area contributed by atoms with Gasteiger partial charge < -0.3 is 9.88 Å². The quantitative estimate of drug-likeness (QED) is 0.852. The van der Waals surface area contributed by atoms with Crippen molar-refractivity contribution in [3.63, 3.8) is 0 Å². The molecule has 0 saturated heterocycles. The molecule has 1 aliphatic carbocycles. The maximum atomic E-state index is 14.3. The predicted octanol–water partition coefficient (Wildman–Crippen LogP) is 3.52. The van der Waals surface area contributed by atoms with Gasteiger partial charge in [0.1, 0.15) is 16.0 Å². The number of carbonyl (C=O) groups is 1. The fourth-order valence-corrected chi connectivity index (χ4v) is 3.22. The maximum Gasteiger partial charge on any atom is 0.229 e. The summed E-state index contributed by atoms with van der Waals surface area (Å²) in [4.78, 5) is 16.2. The SMILES string of the molecule is Cc1nccn1-c1ccc(CNC(=O)C2(C)CC2(Cl)Cl)cc1F. The number of carbonyl (C=O) groups excluding carboxylic acids is 1. The Morgan fingerprint density at radius 2 is 2.17 bits per heavy atom. The van der Waals surface area contributed by atoms with Gasteiger partial charge in [-0.25, -0.2) is 9.37 Å². The molecule has 1 amide bonds.